The van der Waals surface area contributed by atoms with E-state index >= 15 is 0 Å². The van der Waals surface area contributed by atoms with E-state index in [9.17, 15) is 0 Å². The van der Waals surface area contributed by atoms with Crippen molar-refractivity contribution in [3.8, 4) is 0 Å². The molecule has 0 saturated carbocycles. The summed E-state index contributed by atoms with van der Waals surface area (Å²) in [6.45, 7) is 4.96. The zero-order valence-corrected chi connectivity index (χ0v) is 18.7. The number of aryl methyl sites for hydroxylation is 2. The van der Waals surface area contributed by atoms with Crippen LogP contribution in [0.4, 0.5) is 0 Å². The Morgan fingerprint density at radius 1 is 0.484 bits per heavy atom. The Hall–Kier alpha value is -2.86. The molecule has 0 amide bonds. The number of rotatable bonds is 0. The van der Waals surface area contributed by atoms with E-state index in [2.05, 4.69) is 86.6 Å². The van der Waals surface area contributed by atoms with Crippen LogP contribution in [0.1, 0.15) is 72.9 Å². The zero-order chi connectivity index (χ0) is 21.0. The minimum atomic E-state index is 0.00323. The van der Waals surface area contributed by atoms with Crippen LogP contribution in [0.3, 0.4) is 0 Å². The largest absolute Gasteiger partial charge is 0.0620 e. The van der Waals surface area contributed by atoms with Crippen LogP contribution in [0.25, 0.3) is 22.3 Å². The van der Waals surface area contributed by atoms with E-state index in [0.29, 0.717) is 0 Å². The Bertz CT molecular complexity index is 1150. The van der Waals surface area contributed by atoms with Crippen molar-refractivity contribution in [3.63, 3.8) is 0 Å². The molecule has 6 rings (SSSR count). The second-order valence-corrected chi connectivity index (χ2v) is 9.90. The maximum absolute atomic E-state index is 2.48. The lowest BCUT2D eigenvalue weighted by Crippen LogP contribution is -2.15. The van der Waals surface area contributed by atoms with Gasteiger partial charge in [-0.25, -0.2) is 0 Å². The summed E-state index contributed by atoms with van der Waals surface area (Å²) in [6.07, 6.45) is 7.28. The summed E-state index contributed by atoms with van der Waals surface area (Å²) in [5.74, 6) is 0. The Morgan fingerprint density at radius 2 is 0.871 bits per heavy atom. The van der Waals surface area contributed by atoms with Crippen LogP contribution < -0.4 is 0 Å². The van der Waals surface area contributed by atoms with Gasteiger partial charge < -0.3 is 0 Å². The fourth-order valence-corrected chi connectivity index (χ4v) is 6.56. The molecule has 0 bridgehead atoms. The van der Waals surface area contributed by atoms with E-state index in [0.717, 1.165) is 0 Å². The average Bonchev–Trinajstić information content (AvgIpc) is 3.04. The lowest BCUT2D eigenvalue weighted by atomic mass is 9.71. The Labute approximate surface area is 186 Å². The highest BCUT2D eigenvalue weighted by Gasteiger charge is 2.42. The normalized spacial score (nSPS) is 23.8. The molecule has 31 heavy (non-hydrogen) atoms. The zero-order valence-electron chi connectivity index (χ0n) is 18.7. The first-order valence-corrected chi connectivity index (χ1v) is 11.9. The maximum atomic E-state index is 2.48. The van der Waals surface area contributed by atoms with Gasteiger partial charge in [-0.1, -0.05) is 86.6 Å². The second-order valence-electron chi connectivity index (χ2n) is 9.90. The van der Waals surface area contributed by atoms with Gasteiger partial charge in [0.05, 0.1) is 0 Å². The molecule has 0 heterocycles. The highest BCUT2D eigenvalue weighted by Crippen LogP contribution is 2.60. The van der Waals surface area contributed by atoms with Gasteiger partial charge in [0.2, 0.25) is 0 Å². The molecule has 3 aliphatic rings. The van der Waals surface area contributed by atoms with Crippen LogP contribution >= 0.6 is 0 Å². The van der Waals surface area contributed by atoms with Gasteiger partial charge in [-0.3, -0.25) is 0 Å². The van der Waals surface area contributed by atoms with Gasteiger partial charge in [0, 0.05) is 5.41 Å². The summed E-state index contributed by atoms with van der Waals surface area (Å²) in [5, 5.41) is 0. The monoisotopic (exact) mass is 402 g/mol. The van der Waals surface area contributed by atoms with Gasteiger partial charge in [0.15, 0.2) is 0 Å². The predicted octanol–water partition coefficient (Wildman–Crippen LogP) is 8.22. The molecule has 0 aliphatic heterocycles. The van der Waals surface area contributed by atoms with Crippen molar-refractivity contribution in [2.45, 2.75) is 52.4 Å². The molecule has 0 N–H and O–H groups in total. The van der Waals surface area contributed by atoms with Crippen molar-refractivity contribution < 1.29 is 0 Å². The SMILES string of the molecule is CC1(C)/C(=C2/CCCc3ccccc32)c2ccccc2/C1=C1\CCCc2ccccc21. The van der Waals surface area contributed by atoms with Gasteiger partial charge in [0.25, 0.3) is 0 Å². The van der Waals surface area contributed by atoms with Crippen molar-refractivity contribution >= 4 is 22.3 Å². The third-order valence-corrected chi connectivity index (χ3v) is 7.75. The first-order valence-electron chi connectivity index (χ1n) is 11.9. The van der Waals surface area contributed by atoms with E-state index in [1.165, 1.54) is 71.9 Å². The standard InChI is InChI=1S/C31H30/c1-31(2)29(25-19-9-13-21-11-3-5-15-23(21)25)27-17-7-8-18-28(27)30(31)26-20-10-14-22-12-4-6-16-24(22)26/h3-8,11-12,15-18H,9-10,13-14,19-20H2,1-2H3/b29-25-,30-26-. The van der Waals surface area contributed by atoms with Crippen LogP contribution in [-0.2, 0) is 12.8 Å². The predicted molar refractivity (Wildman–Crippen MR) is 133 cm³/mol. The van der Waals surface area contributed by atoms with Gasteiger partial charge in [-0.15, -0.1) is 0 Å². The highest BCUT2D eigenvalue weighted by molar-refractivity contribution is 6.12. The number of hydrogen-bond acceptors (Lipinski definition) is 0. The molecular weight excluding hydrogens is 372 g/mol. The maximum Gasteiger partial charge on any atom is 0.0164 e. The summed E-state index contributed by atoms with van der Waals surface area (Å²) < 4.78 is 0. The van der Waals surface area contributed by atoms with Gasteiger partial charge in [0.1, 0.15) is 0 Å². The molecule has 0 unspecified atom stereocenters. The molecule has 0 saturated heterocycles. The fourth-order valence-electron chi connectivity index (χ4n) is 6.56. The van der Waals surface area contributed by atoms with E-state index in [4.69, 9.17) is 0 Å². The molecule has 3 aliphatic carbocycles. The summed E-state index contributed by atoms with van der Waals surface area (Å²) in [4.78, 5) is 0. The minimum absolute atomic E-state index is 0.00323. The van der Waals surface area contributed by atoms with Gasteiger partial charge in [-0.2, -0.15) is 0 Å². The van der Waals surface area contributed by atoms with Crippen LogP contribution in [0.5, 0.6) is 0 Å². The molecule has 0 heteroatoms. The third-order valence-electron chi connectivity index (χ3n) is 7.75. The van der Waals surface area contributed by atoms with Crippen LogP contribution in [0.15, 0.2) is 72.8 Å². The fraction of sp³-hybridized carbons (Fsp3) is 0.290. The molecule has 3 aromatic rings. The van der Waals surface area contributed by atoms with E-state index in [-0.39, 0.29) is 5.41 Å². The minimum Gasteiger partial charge on any atom is -0.0620 e. The van der Waals surface area contributed by atoms with E-state index < -0.39 is 0 Å². The van der Waals surface area contributed by atoms with E-state index in [1.54, 1.807) is 22.3 Å². The Morgan fingerprint density at radius 3 is 1.32 bits per heavy atom. The van der Waals surface area contributed by atoms with Gasteiger partial charge in [-0.05, 0) is 94.2 Å². The highest BCUT2D eigenvalue weighted by atomic mass is 14.5. The molecule has 0 spiro atoms. The molecule has 0 radical (unpaired) electrons. The molecule has 0 atom stereocenters. The summed E-state index contributed by atoms with van der Waals surface area (Å²) in [7, 11) is 0. The molecule has 0 nitrogen and oxygen atoms in total. The lowest BCUT2D eigenvalue weighted by molar-refractivity contribution is 0.682. The van der Waals surface area contributed by atoms with Crippen LogP contribution in [0, 0.1) is 5.41 Å². The molecule has 0 aromatic heterocycles. The van der Waals surface area contributed by atoms with Crippen molar-refractivity contribution in [2.24, 2.45) is 5.41 Å². The van der Waals surface area contributed by atoms with Crippen LogP contribution in [-0.4, -0.2) is 0 Å². The van der Waals surface area contributed by atoms with E-state index in [1.807, 2.05) is 0 Å². The number of hydrogen-bond donors (Lipinski definition) is 0. The average molecular weight is 403 g/mol. The lowest BCUT2D eigenvalue weighted by Gasteiger charge is -2.32. The smallest absolute Gasteiger partial charge is 0.0164 e. The number of allylic oxidation sites excluding steroid dienone is 4. The van der Waals surface area contributed by atoms with Crippen molar-refractivity contribution in [1.29, 1.82) is 0 Å². The molecule has 0 fully saturated rings. The molecule has 154 valence electrons. The number of benzene rings is 3. The summed E-state index contributed by atoms with van der Waals surface area (Å²) >= 11 is 0. The van der Waals surface area contributed by atoms with Crippen molar-refractivity contribution in [2.75, 3.05) is 0 Å². The first kappa shape index (κ1) is 18.9. The second kappa shape index (κ2) is 7.09. The Balaban J connectivity index is 1.68. The third kappa shape index (κ3) is 2.81. The Kier molecular flexibility index (Phi) is 4.32. The molecular formula is C31H30. The summed E-state index contributed by atoms with van der Waals surface area (Å²) in [6, 6.07) is 27.4. The quantitative estimate of drug-likeness (QED) is 0.355. The first-order chi connectivity index (χ1) is 15.2. The summed E-state index contributed by atoms with van der Waals surface area (Å²) in [5.41, 5.74) is 15.3. The van der Waals surface area contributed by atoms with Crippen molar-refractivity contribution in [3.05, 3.63) is 106 Å². The van der Waals surface area contributed by atoms with Gasteiger partial charge >= 0.3 is 0 Å². The van der Waals surface area contributed by atoms with Crippen molar-refractivity contribution in [1.82, 2.24) is 0 Å². The number of fused-ring (bicyclic) bond motifs is 3. The molecule has 3 aromatic carbocycles. The van der Waals surface area contributed by atoms with Crippen LogP contribution in [0.2, 0.25) is 0 Å². The topological polar surface area (TPSA) is 0 Å².